The lowest BCUT2D eigenvalue weighted by Gasteiger charge is -2.08. The van der Waals surface area contributed by atoms with Gasteiger partial charge >= 0.3 is 0 Å². The molecule has 0 fully saturated rings. The Morgan fingerprint density at radius 2 is 2.21 bits per heavy atom. The van der Waals surface area contributed by atoms with E-state index in [4.69, 9.17) is 0 Å². The molecule has 2 aromatic heterocycles. The Bertz CT molecular complexity index is 683. The summed E-state index contributed by atoms with van der Waals surface area (Å²) in [5.41, 5.74) is 0.522. The first-order chi connectivity index (χ1) is 8.90. The monoisotopic (exact) mass is 373 g/mol. The second-order valence-corrected chi connectivity index (χ2v) is 5.94. The van der Waals surface area contributed by atoms with Crippen molar-refractivity contribution >= 4 is 45.9 Å². The fraction of sp³-hybridized carbons (Fsp3) is 0.417. The number of fused-ring (bicyclic) bond motifs is 1. The molecule has 2 aromatic rings. The Kier molecular flexibility index (Phi) is 3.93. The summed E-state index contributed by atoms with van der Waals surface area (Å²) in [6.07, 6.45) is 3.55. The van der Waals surface area contributed by atoms with Gasteiger partial charge in [-0.1, -0.05) is 0 Å². The molecule has 0 amide bonds. The standard InChI is InChI=1S/C12H16IN5O/c1-7(2)18-5-8(13)9-10(18)15-12(16-11(9)19)14-6-17(3)4/h5-7H,1-4H3,(H,15,16,19). The summed E-state index contributed by atoms with van der Waals surface area (Å²) in [4.78, 5) is 25.1. The molecule has 1 N–H and O–H groups in total. The Balaban J connectivity index is 2.67. The number of nitrogens with zero attached hydrogens (tertiary/aromatic N) is 4. The fourth-order valence-corrected chi connectivity index (χ4v) is 2.51. The number of aliphatic imine (C=N–C) groups is 1. The maximum Gasteiger partial charge on any atom is 0.262 e. The normalized spacial score (nSPS) is 11.9. The molecule has 0 spiro atoms. The average molecular weight is 373 g/mol. The first kappa shape index (κ1) is 14.0. The molecular formula is C12H16IN5O. The van der Waals surface area contributed by atoms with Crippen LogP contribution < -0.4 is 5.56 Å². The fourth-order valence-electron chi connectivity index (χ4n) is 1.72. The van der Waals surface area contributed by atoms with E-state index in [0.29, 0.717) is 17.0 Å². The topological polar surface area (TPSA) is 66.3 Å². The van der Waals surface area contributed by atoms with Crippen LogP contribution in [0.1, 0.15) is 19.9 Å². The summed E-state index contributed by atoms with van der Waals surface area (Å²) >= 11 is 2.15. The highest BCUT2D eigenvalue weighted by Crippen LogP contribution is 2.22. The largest absolute Gasteiger partial charge is 0.369 e. The second kappa shape index (κ2) is 5.32. The van der Waals surface area contributed by atoms with E-state index in [1.54, 1.807) is 11.2 Å². The molecule has 7 heteroatoms. The molecule has 2 heterocycles. The third kappa shape index (κ3) is 2.80. The van der Waals surface area contributed by atoms with Crippen LogP contribution in [0, 0.1) is 3.57 Å². The Morgan fingerprint density at radius 3 is 2.79 bits per heavy atom. The van der Waals surface area contributed by atoms with Gasteiger partial charge in [-0.2, -0.15) is 4.98 Å². The predicted molar refractivity (Wildman–Crippen MR) is 85.3 cm³/mol. The van der Waals surface area contributed by atoms with Crippen molar-refractivity contribution in [2.24, 2.45) is 4.99 Å². The summed E-state index contributed by atoms with van der Waals surface area (Å²) in [5, 5.41) is 0.623. The second-order valence-electron chi connectivity index (χ2n) is 4.77. The predicted octanol–water partition coefficient (Wildman–Crippen LogP) is 2.13. The molecule has 0 aliphatic carbocycles. The van der Waals surface area contributed by atoms with Gasteiger partial charge in [0.2, 0.25) is 5.95 Å². The third-order valence-corrected chi connectivity index (χ3v) is 3.41. The minimum Gasteiger partial charge on any atom is -0.369 e. The van der Waals surface area contributed by atoms with Gasteiger partial charge in [-0.05, 0) is 36.4 Å². The SMILES string of the molecule is CC(C)n1cc(I)c2c(=O)[nH]c(N=CN(C)C)nc21. The van der Waals surface area contributed by atoms with Crippen molar-refractivity contribution in [3.63, 3.8) is 0 Å². The first-order valence-electron chi connectivity index (χ1n) is 5.91. The van der Waals surface area contributed by atoms with Gasteiger partial charge in [-0.3, -0.25) is 9.78 Å². The zero-order chi connectivity index (χ0) is 14.2. The number of aromatic nitrogens is 3. The minimum absolute atomic E-state index is 0.153. The van der Waals surface area contributed by atoms with Crippen molar-refractivity contribution in [1.82, 2.24) is 19.4 Å². The summed E-state index contributed by atoms with van der Waals surface area (Å²) in [6.45, 7) is 4.11. The van der Waals surface area contributed by atoms with Gasteiger partial charge in [0, 0.05) is 29.9 Å². The van der Waals surface area contributed by atoms with Crippen molar-refractivity contribution in [2.75, 3.05) is 14.1 Å². The van der Waals surface area contributed by atoms with Crippen molar-refractivity contribution in [1.29, 1.82) is 0 Å². The lowest BCUT2D eigenvalue weighted by atomic mass is 10.4. The van der Waals surface area contributed by atoms with E-state index in [1.165, 1.54) is 0 Å². The molecule has 102 valence electrons. The lowest BCUT2D eigenvalue weighted by Crippen LogP contribution is -2.11. The quantitative estimate of drug-likeness (QED) is 0.509. The van der Waals surface area contributed by atoms with Crippen molar-refractivity contribution in [3.8, 4) is 0 Å². The molecule has 19 heavy (non-hydrogen) atoms. The highest BCUT2D eigenvalue weighted by molar-refractivity contribution is 14.1. The Hall–Kier alpha value is -1.38. The van der Waals surface area contributed by atoms with Crippen LogP contribution in [0.25, 0.3) is 11.0 Å². The van der Waals surface area contributed by atoms with Crippen LogP contribution in [0.2, 0.25) is 0 Å². The van der Waals surface area contributed by atoms with Crippen LogP contribution in [0.3, 0.4) is 0 Å². The van der Waals surface area contributed by atoms with Crippen LogP contribution in [-0.4, -0.2) is 39.9 Å². The van der Waals surface area contributed by atoms with E-state index < -0.39 is 0 Å². The van der Waals surface area contributed by atoms with Crippen molar-refractivity contribution in [2.45, 2.75) is 19.9 Å². The zero-order valence-corrected chi connectivity index (χ0v) is 13.5. The summed E-state index contributed by atoms with van der Waals surface area (Å²) < 4.78 is 2.89. The number of nitrogens with one attached hydrogen (secondary N) is 1. The van der Waals surface area contributed by atoms with Gasteiger partial charge in [0.1, 0.15) is 0 Å². The smallest absolute Gasteiger partial charge is 0.262 e. The highest BCUT2D eigenvalue weighted by atomic mass is 127. The molecule has 0 atom stereocenters. The van der Waals surface area contributed by atoms with Gasteiger partial charge in [0.15, 0.2) is 5.65 Å². The molecule has 0 saturated heterocycles. The number of aromatic amines is 1. The van der Waals surface area contributed by atoms with E-state index in [0.717, 1.165) is 3.57 Å². The van der Waals surface area contributed by atoms with Gasteiger partial charge in [0.05, 0.1) is 11.7 Å². The molecule has 0 unspecified atom stereocenters. The summed E-state index contributed by atoms with van der Waals surface area (Å²) in [5.74, 6) is 0.322. The molecule has 0 radical (unpaired) electrons. The first-order valence-corrected chi connectivity index (χ1v) is 6.99. The molecular weight excluding hydrogens is 357 g/mol. The van der Waals surface area contributed by atoms with Crippen LogP contribution in [0.5, 0.6) is 0 Å². The van der Waals surface area contributed by atoms with Gasteiger partial charge in [-0.25, -0.2) is 4.99 Å². The van der Waals surface area contributed by atoms with Crippen LogP contribution in [0.15, 0.2) is 16.0 Å². The van der Waals surface area contributed by atoms with Gasteiger partial charge in [-0.15, -0.1) is 0 Å². The Labute approximate surface area is 124 Å². The summed E-state index contributed by atoms with van der Waals surface area (Å²) in [7, 11) is 3.72. The lowest BCUT2D eigenvalue weighted by molar-refractivity contribution is 0.616. The summed E-state index contributed by atoms with van der Waals surface area (Å²) in [6, 6.07) is 0.242. The number of halogens is 1. The van der Waals surface area contributed by atoms with Crippen LogP contribution in [-0.2, 0) is 0 Å². The molecule has 2 rings (SSSR count). The van der Waals surface area contributed by atoms with E-state index in [2.05, 4.69) is 51.4 Å². The molecule has 0 aliphatic rings. The molecule has 0 aromatic carbocycles. The zero-order valence-electron chi connectivity index (χ0n) is 11.3. The number of hydrogen-bond donors (Lipinski definition) is 1. The Morgan fingerprint density at radius 1 is 1.53 bits per heavy atom. The maximum absolute atomic E-state index is 12.1. The van der Waals surface area contributed by atoms with E-state index in [1.807, 2.05) is 24.9 Å². The van der Waals surface area contributed by atoms with Crippen LogP contribution >= 0.6 is 22.6 Å². The van der Waals surface area contributed by atoms with Gasteiger partial charge in [0.25, 0.3) is 5.56 Å². The van der Waals surface area contributed by atoms with E-state index >= 15 is 0 Å². The number of rotatable bonds is 3. The van der Waals surface area contributed by atoms with E-state index in [-0.39, 0.29) is 11.6 Å². The molecule has 0 saturated carbocycles. The van der Waals surface area contributed by atoms with Gasteiger partial charge < -0.3 is 9.47 Å². The average Bonchev–Trinajstić information content (AvgIpc) is 2.64. The highest BCUT2D eigenvalue weighted by Gasteiger charge is 2.14. The molecule has 0 bridgehead atoms. The number of hydrogen-bond acceptors (Lipinski definition) is 3. The molecule has 6 nitrogen and oxygen atoms in total. The van der Waals surface area contributed by atoms with E-state index in [9.17, 15) is 4.79 Å². The van der Waals surface area contributed by atoms with Crippen molar-refractivity contribution < 1.29 is 0 Å². The maximum atomic E-state index is 12.1. The number of H-pyrrole nitrogens is 1. The third-order valence-electron chi connectivity index (χ3n) is 2.59. The minimum atomic E-state index is -0.153. The molecule has 0 aliphatic heterocycles. The van der Waals surface area contributed by atoms with Crippen LogP contribution in [0.4, 0.5) is 5.95 Å². The van der Waals surface area contributed by atoms with Crippen molar-refractivity contribution in [3.05, 3.63) is 20.1 Å².